The van der Waals surface area contributed by atoms with Crippen molar-refractivity contribution in [2.75, 3.05) is 47.0 Å². The first-order valence-electron chi connectivity index (χ1n) is 5.29. The second-order valence-electron chi connectivity index (χ2n) is 3.71. The Kier molecular flexibility index (Phi) is 5.60. The highest BCUT2D eigenvalue weighted by Crippen LogP contribution is 2.00. The molecule has 0 spiro atoms. The van der Waals surface area contributed by atoms with E-state index in [-0.39, 0.29) is 12.0 Å². The molecule has 1 aliphatic rings. The van der Waals surface area contributed by atoms with Gasteiger partial charge in [0.05, 0.1) is 25.7 Å². The van der Waals surface area contributed by atoms with Crippen LogP contribution in [0.1, 0.15) is 6.42 Å². The molecule has 1 unspecified atom stereocenters. The topological polar surface area (TPSA) is 50.8 Å². The van der Waals surface area contributed by atoms with E-state index in [0.717, 1.165) is 19.7 Å². The molecule has 0 saturated carbocycles. The van der Waals surface area contributed by atoms with Crippen LogP contribution in [0.4, 0.5) is 0 Å². The molecule has 1 aliphatic heterocycles. The molecule has 15 heavy (non-hydrogen) atoms. The normalized spacial score (nSPS) is 21.3. The lowest BCUT2D eigenvalue weighted by atomic mass is 10.2. The van der Waals surface area contributed by atoms with Crippen LogP contribution >= 0.6 is 0 Å². The summed E-state index contributed by atoms with van der Waals surface area (Å²) < 4.78 is 10.4. The lowest BCUT2D eigenvalue weighted by molar-refractivity contribution is -0.132. The van der Waals surface area contributed by atoms with Crippen molar-refractivity contribution in [3.8, 4) is 0 Å². The molecule has 0 aliphatic carbocycles. The highest BCUT2D eigenvalue weighted by molar-refractivity contribution is 5.75. The van der Waals surface area contributed by atoms with E-state index in [2.05, 4.69) is 5.32 Å². The van der Waals surface area contributed by atoms with E-state index in [1.807, 2.05) is 0 Å². The summed E-state index contributed by atoms with van der Waals surface area (Å²) in [5.74, 6) is 0.103. The smallest absolute Gasteiger partial charge is 0.224 e. The quantitative estimate of drug-likeness (QED) is 0.671. The molecular weight excluding hydrogens is 196 g/mol. The Labute approximate surface area is 90.7 Å². The first kappa shape index (κ1) is 12.4. The zero-order chi connectivity index (χ0) is 11.1. The predicted octanol–water partition coefficient (Wildman–Crippen LogP) is -0.530. The number of rotatable bonds is 5. The second kappa shape index (κ2) is 6.76. The van der Waals surface area contributed by atoms with Crippen LogP contribution < -0.4 is 5.32 Å². The van der Waals surface area contributed by atoms with Gasteiger partial charge in [0.15, 0.2) is 0 Å². The van der Waals surface area contributed by atoms with Gasteiger partial charge in [-0.1, -0.05) is 0 Å². The molecule has 0 aromatic carbocycles. The van der Waals surface area contributed by atoms with Crippen LogP contribution in [-0.4, -0.2) is 63.9 Å². The molecular formula is C10H20N2O3. The minimum Gasteiger partial charge on any atom is -0.384 e. The van der Waals surface area contributed by atoms with E-state index in [0.29, 0.717) is 19.6 Å². The highest BCUT2D eigenvalue weighted by atomic mass is 16.5. The summed E-state index contributed by atoms with van der Waals surface area (Å²) in [5.41, 5.74) is 0. The third-order valence-corrected chi connectivity index (χ3v) is 2.43. The standard InChI is InChI=1S/C10H20N2O3/c1-12(10(13)3-5-14-2)8-9-7-11-4-6-15-9/h9,11H,3-8H2,1-2H3. The van der Waals surface area contributed by atoms with Gasteiger partial charge >= 0.3 is 0 Å². The van der Waals surface area contributed by atoms with Crippen molar-refractivity contribution in [2.45, 2.75) is 12.5 Å². The first-order chi connectivity index (χ1) is 7.24. The largest absolute Gasteiger partial charge is 0.384 e. The Hall–Kier alpha value is -0.650. The maximum absolute atomic E-state index is 11.5. The molecule has 0 aromatic heterocycles. The lowest BCUT2D eigenvalue weighted by Crippen LogP contribution is -2.45. The summed E-state index contributed by atoms with van der Waals surface area (Å²) in [4.78, 5) is 13.3. The molecule has 0 aromatic rings. The molecule has 1 heterocycles. The SMILES string of the molecule is COCCC(=O)N(C)CC1CNCCO1. The summed E-state index contributed by atoms with van der Waals surface area (Å²) >= 11 is 0. The Morgan fingerprint density at radius 1 is 1.67 bits per heavy atom. The molecule has 5 heteroatoms. The van der Waals surface area contributed by atoms with Crippen LogP contribution in [0.3, 0.4) is 0 Å². The molecule has 1 atom stereocenters. The van der Waals surface area contributed by atoms with E-state index < -0.39 is 0 Å². The number of morpholine rings is 1. The number of methoxy groups -OCH3 is 1. The van der Waals surface area contributed by atoms with Crippen LogP contribution in [0.15, 0.2) is 0 Å². The van der Waals surface area contributed by atoms with Crippen molar-refractivity contribution in [1.82, 2.24) is 10.2 Å². The number of nitrogens with one attached hydrogen (secondary N) is 1. The summed E-state index contributed by atoms with van der Waals surface area (Å²) in [6.07, 6.45) is 0.558. The Balaban J connectivity index is 2.20. The van der Waals surface area contributed by atoms with Gasteiger partial charge in [0.25, 0.3) is 0 Å². The van der Waals surface area contributed by atoms with E-state index in [1.165, 1.54) is 0 Å². The number of ether oxygens (including phenoxy) is 2. The van der Waals surface area contributed by atoms with Crippen molar-refractivity contribution in [3.63, 3.8) is 0 Å². The van der Waals surface area contributed by atoms with Crippen LogP contribution in [0.25, 0.3) is 0 Å². The molecule has 5 nitrogen and oxygen atoms in total. The van der Waals surface area contributed by atoms with Gasteiger partial charge in [-0.05, 0) is 0 Å². The Morgan fingerprint density at radius 3 is 3.07 bits per heavy atom. The van der Waals surface area contributed by atoms with E-state index in [4.69, 9.17) is 9.47 Å². The molecule has 0 bridgehead atoms. The maximum atomic E-state index is 11.5. The van der Waals surface area contributed by atoms with Crippen molar-refractivity contribution in [3.05, 3.63) is 0 Å². The molecule has 1 saturated heterocycles. The number of amides is 1. The predicted molar refractivity (Wildman–Crippen MR) is 56.7 cm³/mol. The van der Waals surface area contributed by atoms with E-state index >= 15 is 0 Å². The Bertz CT molecular complexity index is 193. The number of carbonyl (C=O) groups is 1. The molecule has 1 amide bonds. The van der Waals surface area contributed by atoms with Gasteiger partial charge in [-0.3, -0.25) is 4.79 Å². The number of hydrogen-bond acceptors (Lipinski definition) is 4. The van der Waals surface area contributed by atoms with Crippen molar-refractivity contribution < 1.29 is 14.3 Å². The van der Waals surface area contributed by atoms with Crippen molar-refractivity contribution in [2.24, 2.45) is 0 Å². The van der Waals surface area contributed by atoms with Crippen LogP contribution in [0.2, 0.25) is 0 Å². The van der Waals surface area contributed by atoms with Gasteiger partial charge < -0.3 is 19.7 Å². The minimum atomic E-state index is 0.103. The van der Waals surface area contributed by atoms with Gasteiger partial charge in [-0.2, -0.15) is 0 Å². The number of hydrogen-bond donors (Lipinski definition) is 1. The fraction of sp³-hybridized carbons (Fsp3) is 0.900. The average Bonchev–Trinajstić information content (AvgIpc) is 2.27. The van der Waals surface area contributed by atoms with E-state index in [1.54, 1.807) is 19.1 Å². The number of carbonyl (C=O) groups excluding carboxylic acids is 1. The van der Waals surface area contributed by atoms with Crippen LogP contribution in [0.5, 0.6) is 0 Å². The Morgan fingerprint density at radius 2 is 2.47 bits per heavy atom. The second-order valence-corrected chi connectivity index (χ2v) is 3.71. The molecule has 1 rings (SSSR count). The zero-order valence-corrected chi connectivity index (χ0v) is 9.49. The lowest BCUT2D eigenvalue weighted by Gasteiger charge is -2.28. The van der Waals surface area contributed by atoms with Gasteiger partial charge in [0, 0.05) is 33.8 Å². The van der Waals surface area contributed by atoms with Crippen LogP contribution in [0, 0.1) is 0 Å². The van der Waals surface area contributed by atoms with Gasteiger partial charge in [0.2, 0.25) is 5.91 Å². The molecule has 0 radical (unpaired) electrons. The summed E-state index contributed by atoms with van der Waals surface area (Å²) in [5, 5.41) is 3.23. The first-order valence-corrected chi connectivity index (χ1v) is 5.29. The monoisotopic (exact) mass is 216 g/mol. The highest BCUT2D eigenvalue weighted by Gasteiger charge is 2.17. The zero-order valence-electron chi connectivity index (χ0n) is 9.49. The molecule has 1 N–H and O–H groups in total. The average molecular weight is 216 g/mol. The summed E-state index contributed by atoms with van der Waals surface area (Å²) in [6, 6.07) is 0. The molecule has 88 valence electrons. The van der Waals surface area contributed by atoms with Gasteiger partial charge in [-0.25, -0.2) is 0 Å². The van der Waals surface area contributed by atoms with Crippen molar-refractivity contribution in [1.29, 1.82) is 0 Å². The van der Waals surface area contributed by atoms with Gasteiger partial charge in [0.1, 0.15) is 0 Å². The molecule has 1 fully saturated rings. The third kappa shape index (κ3) is 4.59. The summed E-state index contributed by atoms with van der Waals surface area (Å²) in [6.45, 7) is 3.58. The maximum Gasteiger partial charge on any atom is 0.224 e. The number of nitrogens with zero attached hydrogens (tertiary/aromatic N) is 1. The fourth-order valence-corrected chi connectivity index (χ4v) is 1.52. The minimum absolute atomic E-state index is 0.103. The summed E-state index contributed by atoms with van der Waals surface area (Å²) in [7, 11) is 3.40. The van der Waals surface area contributed by atoms with Crippen molar-refractivity contribution >= 4 is 5.91 Å². The van der Waals surface area contributed by atoms with Crippen LogP contribution in [-0.2, 0) is 14.3 Å². The van der Waals surface area contributed by atoms with E-state index in [9.17, 15) is 4.79 Å². The van der Waals surface area contributed by atoms with Gasteiger partial charge in [-0.15, -0.1) is 0 Å². The fourth-order valence-electron chi connectivity index (χ4n) is 1.52. The third-order valence-electron chi connectivity index (χ3n) is 2.43. The number of likely N-dealkylation sites (N-methyl/N-ethyl adjacent to an activating group) is 1.